The van der Waals surface area contributed by atoms with Gasteiger partial charge in [-0.25, -0.2) is 4.98 Å². The number of amides is 1. The second-order valence-electron chi connectivity index (χ2n) is 5.98. The number of aromatic nitrogens is 1. The molecule has 0 saturated carbocycles. The van der Waals surface area contributed by atoms with E-state index in [1.807, 2.05) is 36.9 Å². The van der Waals surface area contributed by atoms with Crippen LogP contribution in [-0.4, -0.2) is 41.1 Å². The molecule has 2 atom stereocenters. The summed E-state index contributed by atoms with van der Waals surface area (Å²) >= 11 is 1.73. The predicted molar refractivity (Wildman–Crippen MR) is 89.1 cm³/mol. The van der Waals surface area contributed by atoms with Gasteiger partial charge < -0.3 is 9.64 Å². The zero-order valence-electron chi connectivity index (χ0n) is 13.1. The summed E-state index contributed by atoms with van der Waals surface area (Å²) in [5, 5.41) is 1.12. The van der Waals surface area contributed by atoms with Gasteiger partial charge in [0.2, 0.25) is 5.91 Å². The molecule has 1 aliphatic heterocycles. The minimum absolute atomic E-state index is 0.136. The fourth-order valence-corrected chi connectivity index (χ4v) is 3.97. The summed E-state index contributed by atoms with van der Waals surface area (Å²) in [5.41, 5.74) is 1.06. The Morgan fingerprint density at radius 3 is 2.77 bits per heavy atom. The van der Waals surface area contributed by atoms with Gasteiger partial charge in [0.15, 0.2) is 0 Å². The lowest BCUT2D eigenvalue weighted by atomic mass is 10.2. The minimum Gasteiger partial charge on any atom is -0.372 e. The standard InChI is InChI=1S/C17H22N2O2S/c1-12-10-19(11-13(2)21-12)17(20)9-5-8-16-18-14-6-3-4-7-15(14)22-16/h3-4,6-7,12-13H,5,8-11H2,1-2H3. The Labute approximate surface area is 135 Å². The molecule has 1 fully saturated rings. The van der Waals surface area contributed by atoms with E-state index in [9.17, 15) is 4.79 Å². The summed E-state index contributed by atoms with van der Waals surface area (Å²) in [7, 11) is 0. The first kappa shape index (κ1) is 15.4. The Hall–Kier alpha value is -1.46. The molecule has 4 nitrogen and oxygen atoms in total. The molecular weight excluding hydrogens is 296 g/mol. The van der Waals surface area contributed by atoms with E-state index in [0.717, 1.165) is 23.4 Å². The summed E-state index contributed by atoms with van der Waals surface area (Å²) in [5.74, 6) is 0.239. The number of carbonyl (C=O) groups is 1. The zero-order chi connectivity index (χ0) is 15.5. The van der Waals surface area contributed by atoms with Crippen molar-refractivity contribution < 1.29 is 9.53 Å². The fourth-order valence-electron chi connectivity index (χ4n) is 2.96. The van der Waals surface area contributed by atoms with E-state index in [1.165, 1.54) is 4.70 Å². The molecule has 0 spiro atoms. The molecule has 0 radical (unpaired) electrons. The average Bonchev–Trinajstić information content (AvgIpc) is 2.88. The summed E-state index contributed by atoms with van der Waals surface area (Å²) in [6.07, 6.45) is 2.60. The van der Waals surface area contributed by atoms with Crippen molar-refractivity contribution in [3.05, 3.63) is 29.3 Å². The van der Waals surface area contributed by atoms with Gasteiger partial charge in [-0.1, -0.05) is 12.1 Å². The third-order valence-electron chi connectivity index (χ3n) is 3.89. The Kier molecular flexibility index (Phi) is 4.74. The Morgan fingerprint density at radius 1 is 1.32 bits per heavy atom. The molecule has 2 aromatic rings. The zero-order valence-corrected chi connectivity index (χ0v) is 13.9. The van der Waals surface area contributed by atoms with Crippen molar-refractivity contribution in [3.8, 4) is 0 Å². The molecule has 5 heteroatoms. The lowest BCUT2D eigenvalue weighted by Gasteiger charge is -2.35. The highest BCUT2D eigenvalue weighted by molar-refractivity contribution is 7.18. The monoisotopic (exact) mass is 318 g/mol. The maximum atomic E-state index is 12.3. The Balaban J connectivity index is 1.51. The van der Waals surface area contributed by atoms with Crippen LogP contribution < -0.4 is 0 Å². The SMILES string of the molecule is CC1CN(C(=O)CCCc2nc3ccccc3s2)CC(C)O1. The molecule has 1 aromatic carbocycles. The Morgan fingerprint density at radius 2 is 2.05 bits per heavy atom. The molecule has 1 amide bonds. The topological polar surface area (TPSA) is 42.4 Å². The number of fused-ring (bicyclic) bond motifs is 1. The number of carbonyl (C=O) groups excluding carboxylic acids is 1. The quantitative estimate of drug-likeness (QED) is 0.869. The summed E-state index contributed by atoms with van der Waals surface area (Å²) < 4.78 is 6.89. The molecule has 0 N–H and O–H groups in total. The van der Waals surface area contributed by atoms with Crippen molar-refractivity contribution >= 4 is 27.5 Å². The van der Waals surface area contributed by atoms with Gasteiger partial charge in [-0.2, -0.15) is 0 Å². The molecule has 3 rings (SSSR count). The number of thiazole rings is 1. The third-order valence-corrected chi connectivity index (χ3v) is 4.99. The maximum absolute atomic E-state index is 12.3. The number of morpholine rings is 1. The number of aryl methyl sites for hydroxylation is 1. The number of benzene rings is 1. The number of hydrogen-bond acceptors (Lipinski definition) is 4. The highest BCUT2D eigenvalue weighted by Gasteiger charge is 2.25. The highest BCUT2D eigenvalue weighted by Crippen LogP contribution is 2.23. The summed E-state index contributed by atoms with van der Waals surface area (Å²) in [4.78, 5) is 18.9. The van der Waals surface area contributed by atoms with Crippen LogP contribution in [0.25, 0.3) is 10.2 Å². The molecule has 2 unspecified atom stereocenters. The molecule has 2 heterocycles. The summed E-state index contributed by atoms with van der Waals surface area (Å²) in [6.45, 7) is 5.47. The van der Waals surface area contributed by atoms with Crippen LogP contribution in [0.1, 0.15) is 31.7 Å². The number of para-hydroxylation sites is 1. The van der Waals surface area contributed by atoms with Crippen molar-refractivity contribution in [2.75, 3.05) is 13.1 Å². The van der Waals surface area contributed by atoms with Gasteiger partial charge >= 0.3 is 0 Å². The maximum Gasteiger partial charge on any atom is 0.222 e. The number of rotatable bonds is 4. The summed E-state index contributed by atoms with van der Waals surface area (Å²) in [6, 6.07) is 8.18. The fraction of sp³-hybridized carbons (Fsp3) is 0.529. The van der Waals surface area contributed by atoms with Gasteiger partial charge in [-0.15, -0.1) is 11.3 Å². The number of hydrogen-bond donors (Lipinski definition) is 0. The van der Waals surface area contributed by atoms with E-state index in [-0.39, 0.29) is 18.1 Å². The van der Waals surface area contributed by atoms with Crippen LogP contribution in [0.5, 0.6) is 0 Å². The first-order chi connectivity index (χ1) is 10.6. The van der Waals surface area contributed by atoms with Crippen molar-refractivity contribution in [2.45, 2.75) is 45.3 Å². The van der Waals surface area contributed by atoms with E-state index >= 15 is 0 Å². The molecule has 1 aromatic heterocycles. The lowest BCUT2D eigenvalue weighted by molar-refractivity contribution is -0.143. The van der Waals surface area contributed by atoms with Gasteiger partial charge in [-0.05, 0) is 38.8 Å². The highest BCUT2D eigenvalue weighted by atomic mass is 32.1. The second kappa shape index (κ2) is 6.75. The van der Waals surface area contributed by atoms with E-state index in [1.54, 1.807) is 11.3 Å². The number of ether oxygens (including phenoxy) is 1. The van der Waals surface area contributed by atoms with E-state index in [4.69, 9.17) is 4.74 Å². The van der Waals surface area contributed by atoms with Crippen LogP contribution in [0.4, 0.5) is 0 Å². The Bertz CT molecular complexity index is 612. The van der Waals surface area contributed by atoms with Gasteiger partial charge in [0, 0.05) is 19.5 Å². The van der Waals surface area contributed by atoms with Gasteiger partial charge in [0.25, 0.3) is 0 Å². The molecule has 0 bridgehead atoms. The van der Waals surface area contributed by atoms with E-state index in [0.29, 0.717) is 19.5 Å². The van der Waals surface area contributed by atoms with Crippen LogP contribution in [0.2, 0.25) is 0 Å². The van der Waals surface area contributed by atoms with Crippen LogP contribution in [0.15, 0.2) is 24.3 Å². The first-order valence-corrected chi connectivity index (χ1v) is 8.71. The van der Waals surface area contributed by atoms with Gasteiger partial charge in [0.1, 0.15) is 0 Å². The molecule has 118 valence electrons. The van der Waals surface area contributed by atoms with Crippen molar-refractivity contribution in [1.82, 2.24) is 9.88 Å². The van der Waals surface area contributed by atoms with Crippen LogP contribution in [0, 0.1) is 0 Å². The molecule has 22 heavy (non-hydrogen) atoms. The van der Waals surface area contributed by atoms with E-state index in [2.05, 4.69) is 11.1 Å². The lowest BCUT2D eigenvalue weighted by Crippen LogP contribution is -2.48. The van der Waals surface area contributed by atoms with Crippen molar-refractivity contribution in [2.24, 2.45) is 0 Å². The number of nitrogens with zero attached hydrogens (tertiary/aromatic N) is 2. The minimum atomic E-state index is 0.136. The molecule has 1 saturated heterocycles. The predicted octanol–water partition coefficient (Wildman–Crippen LogP) is 3.25. The van der Waals surface area contributed by atoms with Crippen molar-refractivity contribution in [1.29, 1.82) is 0 Å². The van der Waals surface area contributed by atoms with Crippen molar-refractivity contribution in [3.63, 3.8) is 0 Å². The van der Waals surface area contributed by atoms with Gasteiger partial charge in [-0.3, -0.25) is 4.79 Å². The van der Waals surface area contributed by atoms with Crippen LogP contribution in [-0.2, 0) is 16.0 Å². The first-order valence-electron chi connectivity index (χ1n) is 7.89. The van der Waals surface area contributed by atoms with E-state index < -0.39 is 0 Å². The van der Waals surface area contributed by atoms with Crippen LogP contribution in [0.3, 0.4) is 0 Å². The smallest absolute Gasteiger partial charge is 0.222 e. The molecule has 0 aliphatic carbocycles. The average molecular weight is 318 g/mol. The van der Waals surface area contributed by atoms with Gasteiger partial charge in [0.05, 0.1) is 27.4 Å². The normalized spacial score (nSPS) is 22.2. The largest absolute Gasteiger partial charge is 0.372 e. The molecule has 1 aliphatic rings. The van der Waals surface area contributed by atoms with Crippen LogP contribution >= 0.6 is 11.3 Å². The third kappa shape index (κ3) is 3.65. The second-order valence-corrected chi connectivity index (χ2v) is 7.10. The molecular formula is C17H22N2O2S.